The Labute approximate surface area is 156 Å². The zero-order valence-corrected chi connectivity index (χ0v) is 15.0. The van der Waals surface area contributed by atoms with Crippen LogP contribution in [-0.4, -0.2) is 29.3 Å². The fraction of sp³-hybridized carbons (Fsp3) is 0.190. The van der Waals surface area contributed by atoms with Crippen molar-refractivity contribution < 1.29 is 19.1 Å². The van der Waals surface area contributed by atoms with Crippen LogP contribution < -0.4 is 5.32 Å². The average Bonchev–Trinajstić information content (AvgIpc) is 3.11. The van der Waals surface area contributed by atoms with Gasteiger partial charge >= 0.3 is 5.97 Å². The maximum atomic E-state index is 12.3. The first kappa shape index (κ1) is 18.4. The van der Waals surface area contributed by atoms with Gasteiger partial charge in [-0.25, -0.2) is 4.79 Å². The summed E-state index contributed by atoms with van der Waals surface area (Å²) in [4.78, 5) is 39.1. The molecular weight excluding hydrogens is 344 g/mol. The number of rotatable bonds is 7. The lowest BCUT2D eigenvalue weighted by Crippen LogP contribution is -2.14. The third-order valence-corrected chi connectivity index (χ3v) is 4.11. The number of hydrogen-bond acceptors (Lipinski definition) is 4. The number of para-hydroxylation sites is 1. The molecule has 138 valence electrons. The van der Waals surface area contributed by atoms with Crippen molar-refractivity contribution in [1.29, 1.82) is 0 Å². The standard InChI is InChI=1S/C21H20N2O4/c1-2-5-20(25)23-15-10-8-14(9-11-15)19(24)13-27-21(26)17-12-22-18-7-4-3-6-16(17)18/h3-4,6-12,22H,2,5,13H2,1H3,(H,23,25). The third kappa shape index (κ3) is 4.41. The fourth-order valence-corrected chi connectivity index (χ4v) is 2.72. The van der Waals surface area contributed by atoms with Gasteiger partial charge in [0, 0.05) is 34.8 Å². The summed E-state index contributed by atoms with van der Waals surface area (Å²) in [6, 6.07) is 13.9. The summed E-state index contributed by atoms with van der Waals surface area (Å²) in [6.45, 7) is 1.58. The van der Waals surface area contributed by atoms with Gasteiger partial charge in [0.15, 0.2) is 12.4 Å². The van der Waals surface area contributed by atoms with Crippen LogP contribution in [0.4, 0.5) is 5.69 Å². The molecule has 0 aliphatic heterocycles. The van der Waals surface area contributed by atoms with Gasteiger partial charge in [-0.15, -0.1) is 0 Å². The van der Waals surface area contributed by atoms with Gasteiger partial charge in [-0.3, -0.25) is 9.59 Å². The second-order valence-corrected chi connectivity index (χ2v) is 6.12. The number of hydrogen-bond donors (Lipinski definition) is 2. The Hall–Kier alpha value is -3.41. The molecule has 6 nitrogen and oxygen atoms in total. The molecular formula is C21H20N2O4. The Morgan fingerprint density at radius 1 is 1.04 bits per heavy atom. The molecule has 0 saturated heterocycles. The number of fused-ring (bicyclic) bond motifs is 1. The summed E-state index contributed by atoms with van der Waals surface area (Å²) >= 11 is 0. The molecule has 1 aromatic heterocycles. The van der Waals surface area contributed by atoms with E-state index in [4.69, 9.17) is 4.74 Å². The van der Waals surface area contributed by atoms with Crippen LogP contribution in [0.15, 0.2) is 54.7 Å². The molecule has 3 rings (SSSR count). The number of benzene rings is 2. The zero-order chi connectivity index (χ0) is 19.2. The van der Waals surface area contributed by atoms with Crippen molar-refractivity contribution in [2.24, 2.45) is 0 Å². The first-order chi connectivity index (χ1) is 13.1. The van der Waals surface area contributed by atoms with Crippen molar-refractivity contribution in [1.82, 2.24) is 4.98 Å². The van der Waals surface area contributed by atoms with Crippen molar-refractivity contribution in [3.05, 3.63) is 65.9 Å². The number of nitrogens with one attached hydrogen (secondary N) is 2. The fourth-order valence-electron chi connectivity index (χ4n) is 2.72. The largest absolute Gasteiger partial charge is 0.454 e. The average molecular weight is 364 g/mol. The van der Waals surface area contributed by atoms with Gasteiger partial charge < -0.3 is 15.0 Å². The molecule has 1 heterocycles. The smallest absolute Gasteiger partial charge is 0.340 e. The monoisotopic (exact) mass is 364 g/mol. The molecule has 0 aliphatic rings. The van der Waals surface area contributed by atoms with Crippen LogP contribution >= 0.6 is 0 Å². The van der Waals surface area contributed by atoms with Gasteiger partial charge in [-0.05, 0) is 36.8 Å². The number of aromatic nitrogens is 1. The molecule has 0 unspecified atom stereocenters. The number of ketones is 1. The molecule has 0 atom stereocenters. The van der Waals surface area contributed by atoms with E-state index in [1.807, 2.05) is 31.2 Å². The van der Waals surface area contributed by atoms with Gasteiger partial charge in [-0.2, -0.15) is 0 Å². The van der Waals surface area contributed by atoms with Crippen LogP contribution in [0.2, 0.25) is 0 Å². The van der Waals surface area contributed by atoms with Crippen LogP contribution in [0.5, 0.6) is 0 Å². The highest BCUT2D eigenvalue weighted by molar-refractivity contribution is 6.05. The number of ether oxygens (including phenoxy) is 1. The number of Topliss-reactive ketones (excluding diaryl/α,β-unsaturated/α-hetero) is 1. The molecule has 2 N–H and O–H groups in total. The highest BCUT2D eigenvalue weighted by Gasteiger charge is 2.15. The molecule has 0 bridgehead atoms. The molecule has 27 heavy (non-hydrogen) atoms. The van der Waals surface area contributed by atoms with E-state index in [9.17, 15) is 14.4 Å². The Bertz CT molecular complexity index is 973. The van der Waals surface area contributed by atoms with E-state index in [2.05, 4.69) is 10.3 Å². The molecule has 0 radical (unpaired) electrons. The van der Waals surface area contributed by atoms with Crippen LogP contribution in [0, 0.1) is 0 Å². The second kappa shape index (κ2) is 8.31. The lowest BCUT2D eigenvalue weighted by atomic mass is 10.1. The minimum atomic E-state index is -0.552. The second-order valence-electron chi connectivity index (χ2n) is 6.12. The lowest BCUT2D eigenvalue weighted by Gasteiger charge is -2.06. The number of H-pyrrole nitrogens is 1. The van der Waals surface area contributed by atoms with E-state index in [0.29, 0.717) is 23.2 Å². The van der Waals surface area contributed by atoms with Crippen LogP contribution in [0.3, 0.4) is 0 Å². The Morgan fingerprint density at radius 2 is 1.78 bits per heavy atom. The minimum Gasteiger partial charge on any atom is -0.454 e. The molecule has 6 heteroatoms. The number of esters is 1. The first-order valence-electron chi connectivity index (χ1n) is 8.75. The molecule has 3 aromatic rings. The molecule has 0 fully saturated rings. The van der Waals surface area contributed by atoms with Gasteiger partial charge in [0.25, 0.3) is 0 Å². The van der Waals surface area contributed by atoms with Crippen molar-refractivity contribution in [3.8, 4) is 0 Å². The Morgan fingerprint density at radius 3 is 2.52 bits per heavy atom. The highest BCUT2D eigenvalue weighted by atomic mass is 16.5. The number of amides is 1. The lowest BCUT2D eigenvalue weighted by molar-refractivity contribution is -0.116. The Balaban J connectivity index is 1.59. The number of aromatic amines is 1. The summed E-state index contributed by atoms with van der Waals surface area (Å²) < 4.78 is 5.16. The van der Waals surface area contributed by atoms with Crippen molar-refractivity contribution >= 4 is 34.3 Å². The highest BCUT2D eigenvalue weighted by Crippen LogP contribution is 2.18. The molecule has 1 amide bonds. The van der Waals surface area contributed by atoms with Gasteiger partial charge in [0.2, 0.25) is 5.91 Å². The van der Waals surface area contributed by atoms with Gasteiger partial charge in [0.1, 0.15) is 0 Å². The molecule has 0 aliphatic carbocycles. The maximum absolute atomic E-state index is 12.3. The van der Waals surface area contributed by atoms with E-state index >= 15 is 0 Å². The summed E-state index contributed by atoms with van der Waals surface area (Å²) in [5.74, 6) is -0.928. The van der Waals surface area contributed by atoms with Crippen molar-refractivity contribution in [2.45, 2.75) is 19.8 Å². The van der Waals surface area contributed by atoms with Gasteiger partial charge in [-0.1, -0.05) is 25.1 Å². The Kier molecular flexibility index (Phi) is 5.66. The first-order valence-corrected chi connectivity index (χ1v) is 8.75. The quantitative estimate of drug-likeness (QED) is 0.491. The SMILES string of the molecule is CCCC(=O)Nc1ccc(C(=O)COC(=O)c2c[nH]c3ccccc23)cc1. The summed E-state index contributed by atoms with van der Waals surface area (Å²) in [7, 11) is 0. The predicted molar refractivity (Wildman–Crippen MR) is 103 cm³/mol. The van der Waals surface area contributed by atoms with Crippen molar-refractivity contribution in [3.63, 3.8) is 0 Å². The van der Waals surface area contributed by atoms with Crippen molar-refractivity contribution in [2.75, 3.05) is 11.9 Å². The summed E-state index contributed by atoms with van der Waals surface area (Å²) in [5, 5.41) is 3.51. The van der Waals surface area contributed by atoms with Crippen LogP contribution in [0.1, 0.15) is 40.5 Å². The van der Waals surface area contributed by atoms with Crippen LogP contribution in [0.25, 0.3) is 10.9 Å². The van der Waals surface area contributed by atoms with E-state index in [0.717, 1.165) is 17.3 Å². The molecule has 2 aromatic carbocycles. The van der Waals surface area contributed by atoms with E-state index in [1.165, 1.54) is 0 Å². The zero-order valence-electron chi connectivity index (χ0n) is 15.0. The normalized spacial score (nSPS) is 10.6. The van der Waals surface area contributed by atoms with E-state index < -0.39 is 5.97 Å². The third-order valence-electron chi connectivity index (χ3n) is 4.11. The molecule has 0 spiro atoms. The van der Waals surface area contributed by atoms with Crippen LogP contribution in [-0.2, 0) is 9.53 Å². The van der Waals surface area contributed by atoms with E-state index in [-0.39, 0.29) is 18.3 Å². The van der Waals surface area contributed by atoms with Gasteiger partial charge in [0.05, 0.1) is 5.56 Å². The van der Waals surface area contributed by atoms with E-state index in [1.54, 1.807) is 30.5 Å². The summed E-state index contributed by atoms with van der Waals surface area (Å²) in [5.41, 5.74) is 2.26. The topological polar surface area (TPSA) is 88.3 Å². The number of carbonyl (C=O) groups is 3. The summed E-state index contributed by atoms with van der Waals surface area (Å²) in [6.07, 6.45) is 2.79. The number of carbonyl (C=O) groups excluding carboxylic acids is 3. The minimum absolute atomic E-state index is 0.0655. The molecule has 0 saturated carbocycles. The predicted octanol–water partition coefficient (Wildman–Crippen LogP) is 3.95. The maximum Gasteiger partial charge on any atom is 0.340 e. The number of anilines is 1.